The molecule has 14 heteroatoms. The third-order valence-electron chi connectivity index (χ3n) is 4.90. The van der Waals surface area contributed by atoms with Crippen LogP contribution in [-0.4, -0.2) is 63.2 Å². The lowest BCUT2D eigenvalue weighted by molar-refractivity contribution is -0.152. The van der Waals surface area contributed by atoms with Crippen molar-refractivity contribution in [1.82, 2.24) is 19.5 Å². The third kappa shape index (κ3) is 6.27. The Morgan fingerprint density at radius 3 is 2.45 bits per heavy atom. The van der Waals surface area contributed by atoms with Crippen molar-refractivity contribution in [2.45, 2.75) is 58.8 Å². The minimum atomic E-state index is -3.44. The number of halogens is 1. The van der Waals surface area contributed by atoms with Crippen molar-refractivity contribution in [3.8, 4) is 0 Å². The molecule has 33 heavy (non-hydrogen) atoms. The van der Waals surface area contributed by atoms with Crippen molar-refractivity contribution in [2.24, 2.45) is 0 Å². The number of hydrogen-bond donors (Lipinski definition) is 1. The molecule has 12 nitrogen and oxygen atoms in total. The highest BCUT2D eigenvalue weighted by molar-refractivity contribution is 7.53. The number of esters is 1. The largest absolute Gasteiger partial charge is 0.460 e. The Morgan fingerprint density at radius 1 is 1.18 bits per heavy atom. The summed E-state index contributed by atoms with van der Waals surface area (Å²) in [7, 11) is -3.44. The van der Waals surface area contributed by atoms with E-state index in [1.807, 2.05) is 0 Å². The number of carbonyl (C=O) groups excluding carboxylic acids is 2. The zero-order chi connectivity index (χ0) is 24.2. The number of aromatic nitrogens is 4. The van der Waals surface area contributed by atoms with E-state index in [1.54, 1.807) is 24.7 Å². The summed E-state index contributed by atoms with van der Waals surface area (Å²) in [6.45, 7) is 6.50. The van der Waals surface area contributed by atoms with Gasteiger partial charge in [-0.05, 0) is 20.3 Å². The van der Waals surface area contributed by atoms with E-state index in [0.717, 1.165) is 0 Å². The molecular weight excluding hydrogens is 477 g/mol. The number of nitrogens with zero attached hydrogens (tertiary/aromatic N) is 4. The van der Waals surface area contributed by atoms with Crippen LogP contribution in [0.2, 0.25) is 5.15 Å². The lowest BCUT2D eigenvalue weighted by Crippen LogP contribution is -2.28. The number of rotatable bonds is 10. The van der Waals surface area contributed by atoms with Crippen LogP contribution in [0.3, 0.4) is 0 Å². The first kappa shape index (κ1) is 25.5. The summed E-state index contributed by atoms with van der Waals surface area (Å²) >= 11 is 6.22. The maximum Gasteiger partial charge on any atom is 0.356 e. The standard InChI is InChI=1S/C19H27ClN5O7P/c1-5-30-33(28,31-6-2)10-29-14-7-13(8-15(14)32-12(4)27)25-9-21-16-17(20)23-19(22-11(3)26)24-18(16)25/h9,13-15H,5-8,10H2,1-4H3,(H,22,23,24,26)/t13-,14+,15+/m1/s1. The van der Waals surface area contributed by atoms with Gasteiger partial charge in [0.15, 0.2) is 10.8 Å². The van der Waals surface area contributed by atoms with E-state index in [9.17, 15) is 14.2 Å². The summed E-state index contributed by atoms with van der Waals surface area (Å²) in [5, 5.41) is 2.61. The monoisotopic (exact) mass is 503 g/mol. The summed E-state index contributed by atoms with van der Waals surface area (Å²) in [6.07, 6.45) is 0.965. The molecule has 0 unspecified atom stereocenters. The van der Waals surface area contributed by atoms with Gasteiger partial charge in [0.05, 0.1) is 25.6 Å². The highest BCUT2D eigenvalue weighted by Crippen LogP contribution is 2.49. The highest BCUT2D eigenvalue weighted by atomic mass is 35.5. The molecule has 0 radical (unpaired) electrons. The van der Waals surface area contributed by atoms with E-state index < -0.39 is 25.8 Å². The van der Waals surface area contributed by atoms with Gasteiger partial charge in [-0.15, -0.1) is 0 Å². The fourth-order valence-corrected chi connectivity index (χ4v) is 5.33. The summed E-state index contributed by atoms with van der Waals surface area (Å²) in [6, 6.07) is -0.223. The van der Waals surface area contributed by atoms with Crippen molar-refractivity contribution in [3.05, 3.63) is 11.5 Å². The van der Waals surface area contributed by atoms with Crippen molar-refractivity contribution in [3.63, 3.8) is 0 Å². The van der Waals surface area contributed by atoms with Crippen LogP contribution in [0.5, 0.6) is 0 Å². The molecule has 3 atom stereocenters. The Labute approximate surface area is 195 Å². The Hall–Kier alpha value is -2.11. The molecule has 0 bridgehead atoms. The molecule has 1 saturated carbocycles. The van der Waals surface area contributed by atoms with Gasteiger partial charge in [0.1, 0.15) is 18.0 Å². The number of amides is 1. The molecular formula is C19H27ClN5O7P. The van der Waals surface area contributed by atoms with Crippen molar-refractivity contribution >= 4 is 48.2 Å². The van der Waals surface area contributed by atoms with E-state index in [2.05, 4.69) is 20.3 Å². The van der Waals surface area contributed by atoms with Gasteiger partial charge in [0, 0.05) is 26.3 Å². The molecule has 0 aliphatic heterocycles. The summed E-state index contributed by atoms with van der Waals surface area (Å²) < 4.78 is 36.5. The quantitative estimate of drug-likeness (QED) is 0.291. The molecule has 0 spiro atoms. The molecule has 1 aliphatic rings. The molecule has 2 aromatic rings. The Morgan fingerprint density at radius 2 is 1.85 bits per heavy atom. The van der Waals surface area contributed by atoms with Gasteiger partial charge in [-0.2, -0.15) is 9.97 Å². The number of fused-ring (bicyclic) bond motifs is 1. The number of anilines is 1. The zero-order valence-electron chi connectivity index (χ0n) is 18.8. The molecule has 1 fully saturated rings. The number of imidazole rings is 1. The topological polar surface area (TPSA) is 144 Å². The number of hydrogen-bond acceptors (Lipinski definition) is 10. The van der Waals surface area contributed by atoms with E-state index in [1.165, 1.54) is 13.8 Å². The van der Waals surface area contributed by atoms with Gasteiger partial charge in [0.25, 0.3) is 0 Å². The summed E-state index contributed by atoms with van der Waals surface area (Å²) in [5.41, 5.74) is 0.789. The van der Waals surface area contributed by atoms with Crippen LogP contribution in [-0.2, 0) is 32.7 Å². The molecule has 1 amide bonds. The van der Waals surface area contributed by atoms with Gasteiger partial charge in [0.2, 0.25) is 11.9 Å². The maximum absolute atomic E-state index is 12.8. The second-order valence-corrected chi connectivity index (χ2v) is 9.75. The first-order chi connectivity index (χ1) is 15.7. The molecule has 0 saturated heterocycles. The van der Waals surface area contributed by atoms with Crippen molar-refractivity contribution in [1.29, 1.82) is 0 Å². The predicted octanol–water partition coefficient (Wildman–Crippen LogP) is 3.31. The lowest BCUT2D eigenvalue weighted by atomic mass is 10.2. The Kier molecular flexibility index (Phi) is 8.41. The smallest absolute Gasteiger partial charge is 0.356 e. The summed E-state index contributed by atoms with van der Waals surface area (Å²) in [4.78, 5) is 35.8. The number of carbonyl (C=O) groups is 2. The Bertz CT molecular complexity index is 1050. The molecule has 0 aromatic carbocycles. The zero-order valence-corrected chi connectivity index (χ0v) is 20.5. The lowest BCUT2D eigenvalue weighted by Gasteiger charge is -2.23. The minimum absolute atomic E-state index is 0.0541. The van der Waals surface area contributed by atoms with E-state index >= 15 is 0 Å². The van der Waals surface area contributed by atoms with Gasteiger partial charge < -0.3 is 23.1 Å². The van der Waals surface area contributed by atoms with Crippen molar-refractivity contribution < 1.29 is 32.7 Å². The number of ether oxygens (including phenoxy) is 2. The van der Waals surface area contributed by atoms with Crippen LogP contribution in [0.15, 0.2) is 6.33 Å². The molecule has 182 valence electrons. The SMILES string of the molecule is CCOP(=O)(CO[C@H]1C[C@@H](n2cnc3c(Cl)nc(NC(C)=O)nc32)C[C@@H]1OC(C)=O)OCC. The van der Waals surface area contributed by atoms with Crippen LogP contribution in [0.4, 0.5) is 5.95 Å². The average Bonchev–Trinajstić information content (AvgIpc) is 3.30. The number of nitrogens with one attached hydrogen (secondary N) is 1. The normalized spacial score (nSPS) is 20.8. The average molecular weight is 504 g/mol. The predicted molar refractivity (Wildman–Crippen MR) is 119 cm³/mol. The van der Waals surface area contributed by atoms with Gasteiger partial charge in [-0.3, -0.25) is 19.5 Å². The fraction of sp³-hybridized carbons (Fsp3) is 0.632. The maximum atomic E-state index is 12.8. The molecule has 1 aliphatic carbocycles. The Balaban J connectivity index is 1.85. The van der Waals surface area contributed by atoms with Crippen LogP contribution >= 0.6 is 19.2 Å². The molecule has 1 N–H and O–H groups in total. The molecule has 3 rings (SSSR count). The van der Waals surface area contributed by atoms with Crippen LogP contribution in [0.25, 0.3) is 11.2 Å². The first-order valence-corrected chi connectivity index (χ1v) is 12.6. The summed E-state index contributed by atoms with van der Waals surface area (Å²) in [5.74, 6) is -0.743. The van der Waals surface area contributed by atoms with E-state index in [4.69, 9.17) is 30.1 Å². The van der Waals surface area contributed by atoms with Crippen molar-refractivity contribution in [2.75, 3.05) is 24.9 Å². The first-order valence-electron chi connectivity index (χ1n) is 10.5. The van der Waals surface area contributed by atoms with Crippen LogP contribution < -0.4 is 5.32 Å². The third-order valence-corrected chi connectivity index (χ3v) is 6.93. The van der Waals surface area contributed by atoms with Gasteiger partial charge >= 0.3 is 13.6 Å². The van der Waals surface area contributed by atoms with Crippen LogP contribution in [0, 0.1) is 0 Å². The van der Waals surface area contributed by atoms with Crippen LogP contribution in [0.1, 0.15) is 46.6 Å². The second-order valence-electron chi connectivity index (χ2n) is 7.40. The highest BCUT2D eigenvalue weighted by Gasteiger charge is 2.40. The van der Waals surface area contributed by atoms with Gasteiger partial charge in [-0.1, -0.05) is 11.6 Å². The molecule has 2 heterocycles. The fourth-order valence-electron chi connectivity index (χ4n) is 3.73. The van der Waals surface area contributed by atoms with Gasteiger partial charge in [-0.25, -0.2) is 4.98 Å². The minimum Gasteiger partial charge on any atom is -0.460 e. The van der Waals surface area contributed by atoms with E-state index in [-0.39, 0.29) is 42.6 Å². The molecule has 2 aromatic heterocycles. The second kappa shape index (κ2) is 10.9. The van der Waals surface area contributed by atoms with E-state index in [0.29, 0.717) is 24.0 Å².